The van der Waals surface area contributed by atoms with Crippen molar-refractivity contribution in [3.05, 3.63) is 64.7 Å². The number of aromatic nitrogens is 1. The highest BCUT2D eigenvalue weighted by Gasteiger charge is 2.24. The van der Waals surface area contributed by atoms with E-state index in [1.54, 1.807) is 30.1 Å². The maximum absolute atomic E-state index is 12.5. The van der Waals surface area contributed by atoms with Crippen molar-refractivity contribution < 1.29 is 14.3 Å². The Kier molecular flexibility index (Phi) is 8.21. The van der Waals surface area contributed by atoms with Crippen molar-refractivity contribution in [2.24, 2.45) is 0 Å². The fourth-order valence-electron chi connectivity index (χ4n) is 2.74. The van der Waals surface area contributed by atoms with Gasteiger partial charge in [-0.25, -0.2) is 4.98 Å². The summed E-state index contributed by atoms with van der Waals surface area (Å²) in [6.45, 7) is 2.04. The molecule has 2 heterocycles. The second kappa shape index (κ2) is 11.1. The smallest absolute Gasteiger partial charge is 0.223 e. The molecule has 1 amide bonds. The number of ether oxygens (including phenoxy) is 2. The molecule has 0 spiro atoms. The van der Waals surface area contributed by atoms with Crippen molar-refractivity contribution >= 4 is 35.3 Å². The monoisotopic (exact) mass is 418 g/mol. The highest BCUT2D eigenvalue weighted by atomic mass is 35.5. The number of hydrogen-bond donors (Lipinski definition) is 0. The summed E-state index contributed by atoms with van der Waals surface area (Å²) in [5.41, 5.74) is 1.16. The molecule has 0 saturated carbocycles. The maximum atomic E-state index is 12.5. The minimum Gasteiger partial charge on any atom is -0.475 e. The van der Waals surface area contributed by atoms with Gasteiger partial charge in [0.25, 0.3) is 0 Å². The molecule has 7 heteroatoms. The molecule has 1 aromatic carbocycles. The van der Waals surface area contributed by atoms with Gasteiger partial charge in [0.1, 0.15) is 12.7 Å². The van der Waals surface area contributed by atoms with E-state index in [0.29, 0.717) is 43.6 Å². The van der Waals surface area contributed by atoms with Gasteiger partial charge in [-0.05, 0) is 23.1 Å². The largest absolute Gasteiger partial charge is 0.475 e. The van der Waals surface area contributed by atoms with E-state index < -0.39 is 0 Å². The predicted molar refractivity (Wildman–Crippen MR) is 114 cm³/mol. The summed E-state index contributed by atoms with van der Waals surface area (Å²) >= 11 is 7.46. The van der Waals surface area contributed by atoms with Crippen molar-refractivity contribution in [3.63, 3.8) is 0 Å². The van der Waals surface area contributed by atoms with Crippen molar-refractivity contribution in [3.8, 4) is 5.88 Å². The number of carbonyl (C=O) groups excluding carboxylic acids is 1. The fourth-order valence-corrected chi connectivity index (χ4v) is 3.53. The summed E-state index contributed by atoms with van der Waals surface area (Å²) in [5.74, 6) is 1.41. The number of morpholine rings is 1. The van der Waals surface area contributed by atoms with Gasteiger partial charge in [-0.1, -0.05) is 41.9 Å². The lowest BCUT2D eigenvalue weighted by Gasteiger charge is -2.32. The van der Waals surface area contributed by atoms with Crippen LogP contribution in [0.3, 0.4) is 0 Å². The SMILES string of the molecule is O=C(CCSC=Cc1ccccc1)N1CCOC(COc2ccc(Cl)cn2)C1. The third-order valence-electron chi connectivity index (χ3n) is 4.20. The summed E-state index contributed by atoms with van der Waals surface area (Å²) in [4.78, 5) is 18.4. The first-order valence-electron chi connectivity index (χ1n) is 9.17. The molecule has 0 aliphatic carbocycles. The number of nitrogens with zero attached hydrogens (tertiary/aromatic N) is 2. The first-order valence-corrected chi connectivity index (χ1v) is 10.6. The van der Waals surface area contributed by atoms with Crippen LogP contribution in [0.2, 0.25) is 5.02 Å². The standard InChI is InChI=1S/C21H23ClN2O3S/c22-18-6-7-20(23-14-18)27-16-19-15-24(10-11-26-19)21(25)9-13-28-12-8-17-4-2-1-3-5-17/h1-8,12,14,19H,9-11,13,15-16H2. The van der Waals surface area contributed by atoms with E-state index in [-0.39, 0.29) is 12.0 Å². The molecule has 3 rings (SSSR count). The maximum Gasteiger partial charge on any atom is 0.223 e. The minimum absolute atomic E-state index is 0.151. The summed E-state index contributed by atoms with van der Waals surface area (Å²) in [7, 11) is 0. The van der Waals surface area contributed by atoms with Crippen LogP contribution in [-0.4, -0.2) is 54.0 Å². The molecule has 1 atom stereocenters. The number of carbonyl (C=O) groups is 1. The van der Waals surface area contributed by atoms with Crippen LogP contribution in [0.4, 0.5) is 0 Å². The van der Waals surface area contributed by atoms with E-state index >= 15 is 0 Å². The Morgan fingerprint density at radius 2 is 2.18 bits per heavy atom. The summed E-state index contributed by atoms with van der Waals surface area (Å²) < 4.78 is 11.3. The molecule has 28 heavy (non-hydrogen) atoms. The van der Waals surface area contributed by atoms with E-state index in [0.717, 1.165) is 11.3 Å². The normalized spacial score (nSPS) is 17.0. The lowest BCUT2D eigenvalue weighted by Crippen LogP contribution is -2.47. The lowest BCUT2D eigenvalue weighted by molar-refractivity contribution is -0.139. The molecular formula is C21H23ClN2O3S. The first-order chi connectivity index (χ1) is 13.7. The van der Waals surface area contributed by atoms with Crippen LogP contribution in [-0.2, 0) is 9.53 Å². The number of benzene rings is 1. The second-order valence-electron chi connectivity index (χ2n) is 6.29. The zero-order valence-corrected chi connectivity index (χ0v) is 17.1. The van der Waals surface area contributed by atoms with Crippen LogP contribution in [0.1, 0.15) is 12.0 Å². The van der Waals surface area contributed by atoms with Gasteiger partial charge in [0.2, 0.25) is 11.8 Å². The van der Waals surface area contributed by atoms with Gasteiger partial charge in [0.15, 0.2) is 0 Å². The van der Waals surface area contributed by atoms with Gasteiger partial charge >= 0.3 is 0 Å². The van der Waals surface area contributed by atoms with Gasteiger partial charge < -0.3 is 14.4 Å². The molecule has 1 aromatic heterocycles. The topological polar surface area (TPSA) is 51.7 Å². The molecule has 0 bridgehead atoms. The Morgan fingerprint density at radius 1 is 1.32 bits per heavy atom. The van der Waals surface area contributed by atoms with Gasteiger partial charge in [0.05, 0.1) is 18.2 Å². The average molecular weight is 419 g/mol. The Bertz CT molecular complexity index is 771. The fraction of sp³-hybridized carbons (Fsp3) is 0.333. The Balaban J connectivity index is 1.36. The average Bonchev–Trinajstić information content (AvgIpc) is 2.74. The number of halogens is 1. The van der Waals surface area contributed by atoms with Crippen LogP contribution in [0.25, 0.3) is 6.08 Å². The van der Waals surface area contributed by atoms with Crippen LogP contribution < -0.4 is 4.74 Å². The van der Waals surface area contributed by atoms with Crippen LogP contribution in [0.5, 0.6) is 5.88 Å². The van der Waals surface area contributed by atoms with Crippen molar-refractivity contribution in [1.82, 2.24) is 9.88 Å². The highest BCUT2D eigenvalue weighted by molar-refractivity contribution is 8.02. The van der Waals surface area contributed by atoms with E-state index in [9.17, 15) is 4.79 Å². The van der Waals surface area contributed by atoms with E-state index in [4.69, 9.17) is 21.1 Å². The number of amides is 1. The van der Waals surface area contributed by atoms with Gasteiger partial charge in [-0.3, -0.25) is 4.79 Å². The molecule has 1 aliphatic heterocycles. The molecule has 2 aromatic rings. The molecule has 1 fully saturated rings. The van der Waals surface area contributed by atoms with Gasteiger partial charge in [0, 0.05) is 31.0 Å². The minimum atomic E-state index is -0.152. The third kappa shape index (κ3) is 6.86. The quantitative estimate of drug-likeness (QED) is 0.603. The van der Waals surface area contributed by atoms with Crippen LogP contribution in [0, 0.1) is 0 Å². The molecular weight excluding hydrogens is 396 g/mol. The Hall–Kier alpha value is -2.02. The molecule has 1 saturated heterocycles. The summed E-state index contributed by atoms with van der Waals surface area (Å²) in [5, 5.41) is 2.60. The molecule has 0 N–H and O–H groups in total. The van der Waals surface area contributed by atoms with Gasteiger partial charge in [-0.15, -0.1) is 11.8 Å². The Morgan fingerprint density at radius 3 is 2.96 bits per heavy atom. The number of rotatable bonds is 8. The van der Waals surface area contributed by atoms with Crippen LogP contribution >= 0.6 is 23.4 Å². The second-order valence-corrected chi connectivity index (χ2v) is 7.74. The summed E-state index contributed by atoms with van der Waals surface area (Å²) in [6, 6.07) is 13.6. The molecule has 1 unspecified atom stereocenters. The number of hydrogen-bond acceptors (Lipinski definition) is 5. The Labute approximate surface area is 174 Å². The van der Waals surface area contributed by atoms with E-state index in [1.807, 2.05) is 28.5 Å². The number of thioether (sulfide) groups is 1. The number of pyridine rings is 1. The van der Waals surface area contributed by atoms with E-state index in [1.165, 1.54) is 0 Å². The van der Waals surface area contributed by atoms with Crippen molar-refractivity contribution in [1.29, 1.82) is 0 Å². The predicted octanol–water partition coefficient (Wildman–Crippen LogP) is 4.14. The molecule has 1 aliphatic rings. The molecule has 0 radical (unpaired) electrons. The lowest BCUT2D eigenvalue weighted by atomic mass is 10.2. The zero-order chi connectivity index (χ0) is 19.6. The first kappa shape index (κ1) is 20.7. The highest BCUT2D eigenvalue weighted by Crippen LogP contribution is 2.15. The zero-order valence-electron chi connectivity index (χ0n) is 15.5. The van der Waals surface area contributed by atoms with Crippen LogP contribution in [0.15, 0.2) is 54.1 Å². The van der Waals surface area contributed by atoms with E-state index in [2.05, 4.69) is 23.2 Å². The molecule has 148 valence electrons. The summed E-state index contributed by atoms with van der Waals surface area (Å²) in [6.07, 6.45) is 3.96. The van der Waals surface area contributed by atoms with Gasteiger partial charge in [-0.2, -0.15) is 0 Å². The molecule has 5 nitrogen and oxygen atoms in total. The van der Waals surface area contributed by atoms with Crippen molar-refractivity contribution in [2.75, 3.05) is 32.1 Å². The third-order valence-corrected chi connectivity index (χ3v) is 5.19. The van der Waals surface area contributed by atoms with Crippen molar-refractivity contribution in [2.45, 2.75) is 12.5 Å².